The molecule has 1 saturated heterocycles. The van der Waals surface area contributed by atoms with Gasteiger partial charge < -0.3 is 20.2 Å². The van der Waals surface area contributed by atoms with Crippen molar-refractivity contribution in [2.75, 3.05) is 31.5 Å². The normalized spacial score (nSPS) is 15.9. The van der Waals surface area contributed by atoms with E-state index in [-0.39, 0.29) is 36.9 Å². The molecule has 0 aliphatic carbocycles. The van der Waals surface area contributed by atoms with E-state index in [9.17, 15) is 20.0 Å². The molecule has 7 nitrogen and oxygen atoms in total. The molecule has 9 heteroatoms. The molecule has 1 aliphatic heterocycles. The highest BCUT2D eigenvalue weighted by Gasteiger charge is 2.26. The Bertz CT molecular complexity index is 1350. The lowest BCUT2D eigenvalue weighted by molar-refractivity contribution is -0.137. The summed E-state index contributed by atoms with van der Waals surface area (Å²) in [7, 11) is 0. The summed E-state index contributed by atoms with van der Waals surface area (Å²) >= 11 is 12.1. The smallest absolute Gasteiger partial charge is 0.244 e. The number of aliphatic hydroxyl groups excluding tert-OH is 1. The fraction of sp³-hybridized carbons (Fsp3) is 0.300. The summed E-state index contributed by atoms with van der Waals surface area (Å²) in [5.41, 5.74) is 3.78. The predicted octanol–water partition coefficient (Wildman–Crippen LogP) is 5.52. The van der Waals surface area contributed by atoms with Crippen LogP contribution in [-0.2, 0) is 9.59 Å². The molecule has 0 bridgehead atoms. The standard InChI is InChI=1S/C30H30Cl2N4O3/c1-20(22-5-7-23(8-6-22)24-4-2-3-21(13-24)17-33)36(30(39)10-12-35-11-9-28(37)18-35)19-29(38)34-27-15-25(31)14-26(32)16-27/h2-8,13-16,20,28,37H,9-12,18-19H2,1H3,(H,34,38)/t20-,28?/m0/s1. The molecule has 1 heterocycles. The third-order valence-corrected chi connectivity index (χ3v) is 7.29. The molecule has 0 aromatic heterocycles. The second-order valence-corrected chi connectivity index (χ2v) is 10.6. The van der Waals surface area contributed by atoms with E-state index < -0.39 is 0 Å². The van der Waals surface area contributed by atoms with Crippen LogP contribution in [0.4, 0.5) is 5.69 Å². The Hall–Kier alpha value is -3.41. The lowest BCUT2D eigenvalue weighted by Gasteiger charge is -2.30. The number of halogens is 2. The third kappa shape index (κ3) is 7.81. The zero-order valence-electron chi connectivity index (χ0n) is 21.6. The molecule has 202 valence electrons. The Morgan fingerprint density at radius 1 is 1.10 bits per heavy atom. The van der Waals surface area contributed by atoms with Gasteiger partial charge in [0, 0.05) is 41.8 Å². The number of β-amino-alcohol motifs (C(OH)–C–C–N with tert-alkyl or cyclic N) is 1. The number of rotatable bonds is 9. The van der Waals surface area contributed by atoms with Gasteiger partial charge in [-0.3, -0.25) is 9.59 Å². The van der Waals surface area contributed by atoms with E-state index in [0.29, 0.717) is 40.8 Å². The fourth-order valence-corrected chi connectivity index (χ4v) is 5.26. The lowest BCUT2D eigenvalue weighted by Crippen LogP contribution is -2.41. The fourth-order valence-electron chi connectivity index (χ4n) is 4.74. The summed E-state index contributed by atoms with van der Waals surface area (Å²) in [6, 6.07) is 21.7. The molecular weight excluding hydrogens is 535 g/mol. The first-order valence-corrected chi connectivity index (χ1v) is 13.5. The van der Waals surface area contributed by atoms with Crippen molar-refractivity contribution >= 4 is 40.7 Å². The number of hydrogen-bond donors (Lipinski definition) is 2. The van der Waals surface area contributed by atoms with E-state index in [0.717, 1.165) is 23.2 Å². The van der Waals surface area contributed by atoms with E-state index in [2.05, 4.69) is 16.3 Å². The first kappa shape index (κ1) is 28.6. The molecule has 1 aliphatic rings. The zero-order valence-corrected chi connectivity index (χ0v) is 23.1. The van der Waals surface area contributed by atoms with Crippen LogP contribution in [0.2, 0.25) is 10.0 Å². The molecule has 0 radical (unpaired) electrons. The van der Waals surface area contributed by atoms with Gasteiger partial charge in [0.25, 0.3) is 0 Å². The Balaban J connectivity index is 1.51. The zero-order chi connectivity index (χ0) is 27.9. The molecular formula is C30H30Cl2N4O3. The highest BCUT2D eigenvalue weighted by atomic mass is 35.5. The molecule has 2 atom stereocenters. The van der Waals surface area contributed by atoms with Gasteiger partial charge in [-0.2, -0.15) is 5.26 Å². The van der Waals surface area contributed by atoms with Crippen LogP contribution in [-0.4, -0.2) is 59.0 Å². The average molecular weight is 566 g/mol. The van der Waals surface area contributed by atoms with Crippen LogP contribution in [0.1, 0.15) is 36.9 Å². The van der Waals surface area contributed by atoms with Gasteiger partial charge in [0.05, 0.1) is 23.8 Å². The van der Waals surface area contributed by atoms with Gasteiger partial charge in [0.1, 0.15) is 6.54 Å². The van der Waals surface area contributed by atoms with Crippen LogP contribution >= 0.6 is 23.2 Å². The Morgan fingerprint density at radius 3 is 2.46 bits per heavy atom. The van der Waals surface area contributed by atoms with Crippen LogP contribution in [0, 0.1) is 11.3 Å². The largest absolute Gasteiger partial charge is 0.392 e. The maximum absolute atomic E-state index is 13.4. The van der Waals surface area contributed by atoms with Crippen molar-refractivity contribution in [2.45, 2.75) is 31.9 Å². The molecule has 0 spiro atoms. The number of nitrogens with one attached hydrogen (secondary N) is 1. The number of anilines is 1. The maximum Gasteiger partial charge on any atom is 0.244 e. The van der Waals surface area contributed by atoms with Crippen molar-refractivity contribution in [1.82, 2.24) is 9.80 Å². The summed E-state index contributed by atoms with van der Waals surface area (Å²) < 4.78 is 0. The lowest BCUT2D eigenvalue weighted by atomic mass is 9.99. The summed E-state index contributed by atoms with van der Waals surface area (Å²) in [5, 5.41) is 22.6. The van der Waals surface area contributed by atoms with Gasteiger partial charge >= 0.3 is 0 Å². The quantitative estimate of drug-likeness (QED) is 0.357. The van der Waals surface area contributed by atoms with Crippen LogP contribution in [0.15, 0.2) is 66.7 Å². The van der Waals surface area contributed by atoms with E-state index in [1.165, 1.54) is 0 Å². The van der Waals surface area contributed by atoms with Crippen LogP contribution in [0.3, 0.4) is 0 Å². The van der Waals surface area contributed by atoms with Crippen molar-refractivity contribution in [3.05, 3.63) is 87.9 Å². The number of likely N-dealkylation sites (tertiary alicyclic amines) is 1. The minimum atomic E-state index is -0.380. The molecule has 1 fully saturated rings. The van der Waals surface area contributed by atoms with Crippen LogP contribution in [0.5, 0.6) is 0 Å². The average Bonchev–Trinajstić information content (AvgIpc) is 3.34. The molecule has 2 N–H and O–H groups in total. The first-order chi connectivity index (χ1) is 18.7. The van der Waals surface area contributed by atoms with Crippen molar-refractivity contribution < 1.29 is 14.7 Å². The number of nitriles is 1. The number of aliphatic hydroxyl groups is 1. The van der Waals surface area contributed by atoms with Gasteiger partial charge in [-0.1, -0.05) is 59.6 Å². The minimum absolute atomic E-state index is 0.154. The van der Waals surface area contributed by atoms with E-state index >= 15 is 0 Å². The third-order valence-electron chi connectivity index (χ3n) is 6.86. The van der Waals surface area contributed by atoms with Crippen molar-refractivity contribution in [3.63, 3.8) is 0 Å². The molecule has 39 heavy (non-hydrogen) atoms. The summed E-state index contributed by atoms with van der Waals surface area (Å²) in [6.45, 7) is 3.55. The molecule has 2 amide bonds. The first-order valence-electron chi connectivity index (χ1n) is 12.8. The minimum Gasteiger partial charge on any atom is -0.392 e. The van der Waals surface area contributed by atoms with Crippen LogP contribution in [0.25, 0.3) is 11.1 Å². The van der Waals surface area contributed by atoms with Crippen molar-refractivity contribution in [3.8, 4) is 17.2 Å². The Morgan fingerprint density at radius 2 is 1.82 bits per heavy atom. The second kappa shape index (κ2) is 13.1. The van der Waals surface area contributed by atoms with E-state index in [4.69, 9.17) is 23.2 Å². The summed E-state index contributed by atoms with van der Waals surface area (Å²) in [6.07, 6.45) is 0.562. The maximum atomic E-state index is 13.4. The van der Waals surface area contributed by atoms with Crippen LogP contribution < -0.4 is 5.32 Å². The van der Waals surface area contributed by atoms with Gasteiger partial charge in [-0.15, -0.1) is 0 Å². The number of carbonyl (C=O) groups is 2. The molecule has 4 rings (SSSR count). The molecule has 3 aromatic rings. The van der Waals surface area contributed by atoms with E-state index in [1.54, 1.807) is 29.2 Å². The van der Waals surface area contributed by atoms with Gasteiger partial charge in [-0.05, 0) is 60.4 Å². The number of hydrogen-bond acceptors (Lipinski definition) is 5. The number of carbonyl (C=O) groups excluding carboxylic acids is 2. The highest BCUT2D eigenvalue weighted by Crippen LogP contribution is 2.27. The van der Waals surface area contributed by atoms with E-state index in [1.807, 2.05) is 49.4 Å². The number of nitrogens with zero attached hydrogens (tertiary/aromatic N) is 3. The molecule has 0 saturated carbocycles. The number of benzene rings is 3. The summed E-state index contributed by atoms with van der Waals surface area (Å²) in [4.78, 5) is 30.1. The van der Waals surface area contributed by atoms with Gasteiger partial charge in [-0.25, -0.2) is 0 Å². The predicted molar refractivity (Wildman–Crippen MR) is 153 cm³/mol. The molecule has 1 unspecified atom stereocenters. The molecule has 3 aromatic carbocycles. The van der Waals surface area contributed by atoms with Crippen molar-refractivity contribution in [1.29, 1.82) is 5.26 Å². The summed E-state index contributed by atoms with van der Waals surface area (Å²) in [5.74, 6) is -0.524. The van der Waals surface area contributed by atoms with Gasteiger partial charge in [0.15, 0.2) is 0 Å². The topological polar surface area (TPSA) is 96.7 Å². The highest BCUT2D eigenvalue weighted by molar-refractivity contribution is 6.35. The second-order valence-electron chi connectivity index (χ2n) is 9.71. The van der Waals surface area contributed by atoms with Crippen molar-refractivity contribution in [2.24, 2.45) is 0 Å². The Labute approximate surface area is 238 Å². The Kier molecular flexibility index (Phi) is 9.60. The monoisotopic (exact) mass is 564 g/mol. The SMILES string of the molecule is C[C@@H](c1ccc(-c2cccc(C#N)c2)cc1)N(CC(=O)Nc1cc(Cl)cc(Cl)c1)C(=O)CCN1CCC(O)C1. The number of amides is 2. The van der Waals surface area contributed by atoms with Gasteiger partial charge in [0.2, 0.25) is 11.8 Å².